The van der Waals surface area contributed by atoms with Crippen molar-refractivity contribution >= 4 is 64.4 Å². The Morgan fingerprint density at radius 3 is 2.26 bits per heavy atom. The molecule has 1 amide bonds. The zero-order valence-corrected chi connectivity index (χ0v) is 25.9. The van der Waals surface area contributed by atoms with Gasteiger partial charge in [0, 0.05) is 22.5 Å². The Balaban J connectivity index is 1.96. The number of hydrogen-bond donors (Lipinski definition) is 0. The van der Waals surface area contributed by atoms with Crippen molar-refractivity contribution in [2.75, 3.05) is 24.7 Å². The Morgan fingerprint density at radius 1 is 0.974 bits per heavy atom. The Bertz CT molecular complexity index is 1280. The highest BCUT2D eigenvalue weighted by atomic mass is 32.2. The number of amides is 1. The number of anilines is 1. The number of carbonyl (C=O) groups excluding carboxylic acids is 3. The molecule has 1 aromatic rings. The van der Waals surface area contributed by atoms with Crippen LogP contribution in [0.1, 0.15) is 60.5 Å². The Labute approximate surface area is 243 Å². The lowest BCUT2D eigenvalue weighted by molar-refractivity contribution is -0.138. The smallest absolute Gasteiger partial charge is 0.345 e. The van der Waals surface area contributed by atoms with Crippen molar-refractivity contribution in [1.29, 1.82) is 0 Å². The van der Waals surface area contributed by atoms with E-state index in [2.05, 4.69) is 0 Å². The van der Waals surface area contributed by atoms with Gasteiger partial charge in [-0.2, -0.15) is 0 Å². The van der Waals surface area contributed by atoms with Crippen molar-refractivity contribution in [3.05, 3.63) is 50.0 Å². The van der Waals surface area contributed by atoms with Crippen LogP contribution in [0.5, 0.6) is 5.75 Å². The number of ether oxygens (including phenoxy) is 3. The molecule has 0 saturated heterocycles. The molecule has 0 N–H and O–H groups in total. The van der Waals surface area contributed by atoms with Gasteiger partial charge >= 0.3 is 11.9 Å². The van der Waals surface area contributed by atoms with Crippen molar-refractivity contribution in [2.45, 2.75) is 64.5 Å². The number of thioether (sulfide) groups is 3. The number of hydrogen-bond acceptors (Lipinski definition) is 9. The van der Waals surface area contributed by atoms with E-state index in [1.54, 1.807) is 19.3 Å². The van der Waals surface area contributed by atoms with Crippen LogP contribution < -0.4 is 9.64 Å². The van der Waals surface area contributed by atoms with Gasteiger partial charge in [0.15, 0.2) is 0 Å². The van der Waals surface area contributed by atoms with Gasteiger partial charge < -0.3 is 19.1 Å². The Hall–Kier alpha value is -2.30. The average Bonchev–Trinajstić information content (AvgIpc) is 3.28. The molecule has 3 aliphatic heterocycles. The first kappa shape index (κ1) is 29.7. The van der Waals surface area contributed by atoms with Gasteiger partial charge in [0.25, 0.3) is 0 Å². The summed E-state index contributed by atoms with van der Waals surface area (Å²) in [5.74, 6) is 0.0404. The molecular formula is C29H35NO6S3. The molecule has 0 saturated carbocycles. The van der Waals surface area contributed by atoms with Gasteiger partial charge in [0.05, 0.1) is 36.0 Å². The fourth-order valence-electron chi connectivity index (χ4n) is 4.91. The Morgan fingerprint density at radius 2 is 1.64 bits per heavy atom. The third-order valence-corrected chi connectivity index (χ3v) is 10.7. The summed E-state index contributed by atoms with van der Waals surface area (Å²) in [6.07, 6.45) is 2.28. The molecule has 1 atom stereocenters. The summed E-state index contributed by atoms with van der Waals surface area (Å²) < 4.78 is 15.8. The van der Waals surface area contributed by atoms with Crippen molar-refractivity contribution in [1.82, 2.24) is 0 Å². The minimum atomic E-state index is -0.838. The normalized spacial score (nSPS) is 21.3. The van der Waals surface area contributed by atoms with E-state index in [0.717, 1.165) is 21.7 Å². The minimum Gasteiger partial charge on any atom is -0.494 e. The minimum absolute atomic E-state index is 0.00548. The highest BCUT2D eigenvalue weighted by molar-refractivity contribution is 8.25. The van der Waals surface area contributed by atoms with Gasteiger partial charge in [-0.25, -0.2) is 9.59 Å². The van der Waals surface area contributed by atoms with E-state index in [0.29, 0.717) is 28.6 Å². The van der Waals surface area contributed by atoms with E-state index in [1.165, 1.54) is 35.3 Å². The number of esters is 2. The second-order valence-corrected chi connectivity index (χ2v) is 13.8. The SMILES string of the molecule is CCOC(=O)C1=C[C@]2(SC=C(C(=O)OCC)S2)C2=C(S1)C(C)(C)N(C(=O)CC(C)C)c1ccc(OCC)cc12. The number of fused-ring (bicyclic) bond motifs is 3. The van der Waals surface area contributed by atoms with Crippen LogP contribution in [0.15, 0.2) is 44.4 Å². The maximum Gasteiger partial charge on any atom is 0.345 e. The molecule has 0 aromatic heterocycles. The first-order valence-corrected chi connectivity index (χ1v) is 15.7. The maximum absolute atomic E-state index is 13.8. The summed E-state index contributed by atoms with van der Waals surface area (Å²) in [6, 6.07) is 5.80. The topological polar surface area (TPSA) is 82.1 Å². The van der Waals surface area contributed by atoms with Crippen LogP contribution in [-0.4, -0.2) is 47.3 Å². The molecule has 1 spiro atoms. The summed E-state index contributed by atoms with van der Waals surface area (Å²) in [6.45, 7) is 14.6. The van der Waals surface area contributed by atoms with Crippen molar-refractivity contribution in [2.24, 2.45) is 5.92 Å². The molecule has 1 aromatic carbocycles. The number of nitrogens with zero attached hydrogens (tertiary/aromatic N) is 1. The molecule has 0 fully saturated rings. The number of rotatable bonds is 8. The summed E-state index contributed by atoms with van der Waals surface area (Å²) >= 11 is 4.16. The lowest BCUT2D eigenvalue weighted by Crippen LogP contribution is -2.53. The molecule has 10 heteroatoms. The maximum atomic E-state index is 13.8. The molecule has 0 aliphatic carbocycles. The van der Waals surface area contributed by atoms with Crippen molar-refractivity contribution < 1.29 is 28.6 Å². The van der Waals surface area contributed by atoms with E-state index in [-0.39, 0.29) is 25.0 Å². The fourth-order valence-corrected chi connectivity index (χ4v) is 9.30. The summed E-state index contributed by atoms with van der Waals surface area (Å²) in [5.41, 5.74) is 1.80. The van der Waals surface area contributed by atoms with E-state index >= 15 is 0 Å². The highest BCUT2D eigenvalue weighted by Crippen LogP contribution is 2.67. The molecule has 0 radical (unpaired) electrons. The van der Waals surface area contributed by atoms with E-state index in [4.69, 9.17) is 14.2 Å². The number of benzene rings is 1. The predicted molar refractivity (Wildman–Crippen MR) is 160 cm³/mol. The fraction of sp³-hybridized carbons (Fsp3) is 0.483. The molecule has 7 nitrogen and oxygen atoms in total. The third kappa shape index (κ3) is 5.52. The van der Waals surface area contributed by atoms with Crippen molar-refractivity contribution in [3.8, 4) is 5.75 Å². The summed E-state index contributed by atoms with van der Waals surface area (Å²) in [7, 11) is 0. The van der Waals surface area contributed by atoms with Gasteiger partial charge in [-0.3, -0.25) is 4.79 Å². The van der Waals surface area contributed by atoms with Crippen LogP contribution in [0.3, 0.4) is 0 Å². The molecule has 39 heavy (non-hydrogen) atoms. The van der Waals surface area contributed by atoms with Crippen LogP contribution in [0.4, 0.5) is 5.69 Å². The van der Waals surface area contributed by atoms with Gasteiger partial charge in [-0.05, 0) is 70.2 Å². The van der Waals surface area contributed by atoms with Gasteiger partial charge in [0.1, 0.15) is 14.7 Å². The molecule has 3 heterocycles. The molecule has 3 aliphatic rings. The zero-order chi connectivity index (χ0) is 28.5. The lowest BCUT2D eigenvalue weighted by atomic mass is 9.84. The van der Waals surface area contributed by atoms with E-state index in [1.807, 2.05) is 63.8 Å². The zero-order valence-electron chi connectivity index (χ0n) is 23.4. The lowest BCUT2D eigenvalue weighted by Gasteiger charge is -2.50. The molecule has 0 unspecified atom stereocenters. The van der Waals surface area contributed by atoms with Crippen LogP contribution >= 0.6 is 35.3 Å². The predicted octanol–water partition coefficient (Wildman–Crippen LogP) is 6.74. The first-order chi connectivity index (χ1) is 18.5. The largest absolute Gasteiger partial charge is 0.494 e. The molecule has 210 valence electrons. The van der Waals surface area contributed by atoms with Crippen LogP contribution in [-0.2, 0) is 23.9 Å². The van der Waals surface area contributed by atoms with E-state index in [9.17, 15) is 14.4 Å². The van der Waals surface area contributed by atoms with Crippen LogP contribution in [0.2, 0.25) is 0 Å². The standard InChI is InChI=1S/C29H35NO6S3/c1-8-34-18-11-12-20-19(14-18)24-25(28(6,7)30(20)23(31)13-17(4)5)38-21(26(32)35-9-2)15-29(24)37-16-22(39-29)27(33)36-10-3/h11-12,14-17H,8-10,13H2,1-7H3/t29-/m1/s1. The van der Waals surface area contributed by atoms with Crippen LogP contribution in [0.25, 0.3) is 5.57 Å². The molecule has 4 rings (SSSR count). The van der Waals surface area contributed by atoms with Crippen LogP contribution in [0, 0.1) is 5.92 Å². The third-order valence-electron chi connectivity index (χ3n) is 6.40. The monoisotopic (exact) mass is 589 g/mol. The number of carbonyl (C=O) groups is 3. The molecular weight excluding hydrogens is 555 g/mol. The second-order valence-electron chi connectivity index (χ2n) is 10.1. The van der Waals surface area contributed by atoms with Gasteiger partial charge in [-0.1, -0.05) is 37.4 Å². The van der Waals surface area contributed by atoms with Crippen molar-refractivity contribution in [3.63, 3.8) is 0 Å². The highest BCUT2D eigenvalue weighted by Gasteiger charge is 2.54. The first-order valence-electron chi connectivity index (χ1n) is 13.2. The van der Waals surface area contributed by atoms with Gasteiger partial charge in [-0.15, -0.1) is 11.8 Å². The summed E-state index contributed by atoms with van der Waals surface area (Å²) in [4.78, 5) is 43.3. The second kappa shape index (κ2) is 11.7. The van der Waals surface area contributed by atoms with Gasteiger partial charge in [0.2, 0.25) is 5.91 Å². The summed E-state index contributed by atoms with van der Waals surface area (Å²) in [5, 5.41) is 1.80. The van der Waals surface area contributed by atoms with E-state index < -0.39 is 21.6 Å². The quantitative estimate of drug-likeness (QED) is 0.306. The Kier molecular flexibility index (Phi) is 8.88. The average molecular weight is 590 g/mol. The molecule has 0 bridgehead atoms.